The molecule has 1 amide bonds. The summed E-state index contributed by atoms with van der Waals surface area (Å²) in [7, 11) is 1.55. The van der Waals surface area contributed by atoms with E-state index >= 15 is 0 Å². The number of carbonyl (C=O) groups is 2. The number of Topliss-reactive ketones (excluding diaryl/α,β-unsaturated/α-hetero) is 1. The summed E-state index contributed by atoms with van der Waals surface area (Å²) in [4.78, 5) is 28.1. The maximum Gasteiger partial charge on any atom is 0.300 e. The zero-order chi connectivity index (χ0) is 25.8. The van der Waals surface area contributed by atoms with E-state index in [4.69, 9.17) is 9.47 Å². The molecule has 0 aromatic heterocycles. The van der Waals surface area contributed by atoms with Crippen molar-refractivity contribution in [3.63, 3.8) is 0 Å². The Labute approximate surface area is 209 Å². The topological polar surface area (TPSA) is 99.9 Å². The minimum atomic E-state index is -0.899. The number of ether oxygens (including phenoxy) is 2. The van der Waals surface area contributed by atoms with Gasteiger partial charge in [-0.2, -0.15) is 5.26 Å². The molecule has 0 bridgehead atoms. The second-order valence-corrected chi connectivity index (χ2v) is 8.43. The predicted octanol–water partition coefficient (Wildman–Crippen LogP) is 5.29. The molecule has 1 heterocycles. The highest BCUT2D eigenvalue weighted by atomic mass is 16.5. The third-order valence-electron chi connectivity index (χ3n) is 6.05. The molecule has 7 heteroatoms. The van der Waals surface area contributed by atoms with Gasteiger partial charge in [0.1, 0.15) is 17.3 Å². The highest BCUT2D eigenvalue weighted by molar-refractivity contribution is 6.51. The monoisotopic (exact) mass is 482 g/mol. The molecular formula is C29H26N2O5. The van der Waals surface area contributed by atoms with Crippen LogP contribution in [-0.4, -0.2) is 30.5 Å². The average molecular weight is 483 g/mol. The van der Waals surface area contributed by atoms with E-state index in [9.17, 15) is 20.0 Å². The van der Waals surface area contributed by atoms with E-state index in [2.05, 4.69) is 6.07 Å². The van der Waals surface area contributed by atoms with Crippen molar-refractivity contribution < 1.29 is 24.2 Å². The van der Waals surface area contributed by atoms with Crippen molar-refractivity contribution in [2.24, 2.45) is 0 Å². The molecule has 3 aromatic rings. The Morgan fingerprint density at radius 3 is 2.44 bits per heavy atom. The normalized spacial score (nSPS) is 16.6. The minimum Gasteiger partial charge on any atom is -0.507 e. The van der Waals surface area contributed by atoms with Crippen LogP contribution in [-0.2, 0) is 9.59 Å². The van der Waals surface area contributed by atoms with Crippen molar-refractivity contribution >= 4 is 23.1 Å². The minimum absolute atomic E-state index is 0.0229. The van der Waals surface area contributed by atoms with Crippen molar-refractivity contribution in [1.82, 2.24) is 0 Å². The fourth-order valence-corrected chi connectivity index (χ4v) is 4.28. The lowest BCUT2D eigenvalue weighted by molar-refractivity contribution is -0.132. The van der Waals surface area contributed by atoms with Gasteiger partial charge in [-0.05, 0) is 79.1 Å². The smallest absolute Gasteiger partial charge is 0.300 e. The first-order valence-corrected chi connectivity index (χ1v) is 11.6. The number of nitriles is 1. The molecule has 182 valence electrons. The standard InChI is InChI=1S/C29H26N2O5/c1-4-14-36-23-7-5-6-20(16-23)26-25(27(32)24-13-12-22(35-3)15-18(24)2)28(33)29(34)31(26)21-10-8-19(17-30)9-11-21/h5-13,15-16,26,32H,4,14H2,1-3H3/b27-25+. The summed E-state index contributed by atoms with van der Waals surface area (Å²) < 4.78 is 11.0. The van der Waals surface area contributed by atoms with E-state index in [1.807, 2.05) is 6.92 Å². The maximum absolute atomic E-state index is 13.4. The first-order valence-electron chi connectivity index (χ1n) is 11.6. The molecule has 7 nitrogen and oxygen atoms in total. The van der Waals surface area contributed by atoms with Crippen LogP contribution >= 0.6 is 0 Å². The molecule has 1 unspecified atom stereocenters. The van der Waals surface area contributed by atoms with Crippen molar-refractivity contribution in [3.05, 3.63) is 94.6 Å². The number of amides is 1. The van der Waals surface area contributed by atoms with Gasteiger partial charge in [-0.3, -0.25) is 14.5 Å². The molecule has 0 spiro atoms. The molecule has 1 aliphatic rings. The zero-order valence-corrected chi connectivity index (χ0v) is 20.3. The molecule has 1 atom stereocenters. The highest BCUT2D eigenvalue weighted by Gasteiger charge is 2.47. The number of aryl methyl sites for hydroxylation is 1. The molecule has 1 aliphatic heterocycles. The zero-order valence-electron chi connectivity index (χ0n) is 20.3. The van der Waals surface area contributed by atoms with Crippen LogP contribution in [0.2, 0.25) is 0 Å². The van der Waals surface area contributed by atoms with Crippen LogP contribution in [0.4, 0.5) is 5.69 Å². The number of anilines is 1. The summed E-state index contributed by atoms with van der Waals surface area (Å²) in [5.41, 5.74) is 2.57. The van der Waals surface area contributed by atoms with Crippen LogP contribution in [0.25, 0.3) is 5.76 Å². The van der Waals surface area contributed by atoms with Crippen molar-refractivity contribution in [2.45, 2.75) is 26.3 Å². The van der Waals surface area contributed by atoms with Gasteiger partial charge >= 0.3 is 0 Å². The second-order valence-electron chi connectivity index (χ2n) is 8.43. The number of benzene rings is 3. The molecule has 0 aliphatic carbocycles. The number of hydrogen-bond donors (Lipinski definition) is 1. The first-order chi connectivity index (χ1) is 17.4. The number of aliphatic hydroxyl groups is 1. The van der Waals surface area contributed by atoms with Crippen LogP contribution in [0.3, 0.4) is 0 Å². The number of methoxy groups -OCH3 is 1. The van der Waals surface area contributed by atoms with E-state index in [0.29, 0.717) is 46.0 Å². The van der Waals surface area contributed by atoms with Gasteiger partial charge in [0.05, 0.1) is 37.0 Å². The van der Waals surface area contributed by atoms with Gasteiger partial charge in [0.15, 0.2) is 0 Å². The number of ketones is 1. The fourth-order valence-electron chi connectivity index (χ4n) is 4.28. The van der Waals surface area contributed by atoms with Gasteiger partial charge in [0, 0.05) is 11.3 Å². The second kappa shape index (κ2) is 10.4. The molecule has 3 aromatic carbocycles. The van der Waals surface area contributed by atoms with E-state index in [1.165, 1.54) is 4.90 Å². The highest BCUT2D eigenvalue weighted by Crippen LogP contribution is 2.43. The van der Waals surface area contributed by atoms with Gasteiger partial charge in [-0.1, -0.05) is 19.1 Å². The summed E-state index contributed by atoms with van der Waals surface area (Å²) in [6, 6.07) is 19.8. The predicted molar refractivity (Wildman–Crippen MR) is 136 cm³/mol. The molecular weight excluding hydrogens is 456 g/mol. The number of carbonyl (C=O) groups excluding carboxylic acids is 2. The van der Waals surface area contributed by atoms with E-state index in [1.54, 1.807) is 80.8 Å². The summed E-state index contributed by atoms with van der Waals surface area (Å²) >= 11 is 0. The van der Waals surface area contributed by atoms with Crippen molar-refractivity contribution in [1.29, 1.82) is 5.26 Å². The largest absolute Gasteiger partial charge is 0.507 e. The van der Waals surface area contributed by atoms with Crippen LogP contribution < -0.4 is 14.4 Å². The van der Waals surface area contributed by atoms with Gasteiger partial charge in [-0.25, -0.2) is 0 Å². The Morgan fingerprint density at radius 2 is 1.81 bits per heavy atom. The van der Waals surface area contributed by atoms with E-state index in [0.717, 1.165) is 6.42 Å². The summed E-state index contributed by atoms with van der Waals surface area (Å²) in [6.45, 7) is 4.31. The van der Waals surface area contributed by atoms with Crippen molar-refractivity contribution in [2.75, 3.05) is 18.6 Å². The van der Waals surface area contributed by atoms with Gasteiger partial charge in [0.25, 0.3) is 11.7 Å². The van der Waals surface area contributed by atoms with Gasteiger partial charge in [-0.15, -0.1) is 0 Å². The Kier molecular flexibility index (Phi) is 7.07. The lowest BCUT2D eigenvalue weighted by Gasteiger charge is -2.26. The summed E-state index contributed by atoms with van der Waals surface area (Å²) in [6.07, 6.45) is 0.824. The lowest BCUT2D eigenvalue weighted by atomic mass is 9.93. The lowest BCUT2D eigenvalue weighted by Crippen LogP contribution is -2.29. The SMILES string of the molecule is CCCOc1cccc(C2/C(=C(\O)c3ccc(OC)cc3C)C(=O)C(=O)N2c2ccc(C#N)cc2)c1. The number of hydrogen-bond acceptors (Lipinski definition) is 6. The Morgan fingerprint density at radius 1 is 1.06 bits per heavy atom. The molecule has 0 radical (unpaired) electrons. The first kappa shape index (κ1) is 24.6. The number of nitrogens with zero attached hydrogens (tertiary/aromatic N) is 2. The molecule has 1 N–H and O–H groups in total. The number of aliphatic hydroxyl groups excluding tert-OH is 1. The third-order valence-corrected chi connectivity index (χ3v) is 6.05. The van der Waals surface area contributed by atoms with Crippen LogP contribution in [0.15, 0.2) is 72.3 Å². The quantitative estimate of drug-likeness (QED) is 0.279. The molecule has 1 fully saturated rings. The van der Waals surface area contributed by atoms with Gasteiger partial charge in [0.2, 0.25) is 0 Å². The van der Waals surface area contributed by atoms with Crippen LogP contribution in [0.1, 0.15) is 41.6 Å². The van der Waals surface area contributed by atoms with Gasteiger partial charge < -0.3 is 14.6 Å². The molecule has 0 saturated carbocycles. The maximum atomic E-state index is 13.4. The number of rotatable bonds is 7. The Hall–Kier alpha value is -4.57. The fraction of sp³-hybridized carbons (Fsp3) is 0.207. The van der Waals surface area contributed by atoms with E-state index < -0.39 is 17.7 Å². The summed E-state index contributed by atoms with van der Waals surface area (Å²) in [5.74, 6) is -0.622. The third kappa shape index (κ3) is 4.53. The molecule has 4 rings (SSSR count). The molecule has 36 heavy (non-hydrogen) atoms. The van der Waals surface area contributed by atoms with Crippen molar-refractivity contribution in [3.8, 4) is 17.6 Å². The average Bonchev–Trinajstić information content (AvgIpc) is 3.17. The Bertz CT molecular complexity index is 1390. The van der Waals surface area contributed by atoms with Crippen LogP contribution in [0, 0.1) is 18.3 Å². The van der Waals surface area contributed by atoms with E-state index in [-0.39, 0.29) is 11.3 Å². The molecule has 1 saturated heterocycles. The summed E-state index contributed by atoms with van der Waals surface area (Å²) in [5, 5.41) is 20.6. The Balaban J connectivity index is 1.92. The van der Waals surface area contributed by atoms with Crippen LogP contribution in [0.5, 0.6) is 11.5 Å².